The molecule has 0 unspecified atom stereocenters. The van der Waals surface area contributed by atoms with Crippen molar-refractivity contribution in [2.24, 2.45) is 0 Å². The Labute approximate surface area is 144 Å². The van der Waals surface area contributed by atoms with Crippen molar-refractivity contribution in [1.29, 1.82) is 0 Å². The molecule has 0 amide bonds. The van der Waals surface area contributed by atoms with Gasteiger partial charge in [-0.2, -0.15) is 0 Å². The molecule has 2 aromatic carbocycles. The average Bonchev–Trinajstić information content (AvgIpc) is 2.58. The summed E-state index contributed by atoms with van der Waals surface area (Å²) in [5.74, 6) is 0. The van der Waals surface area contributed by atoms with Gasteiger partial charge >= 0.3 is 0 Å². The Morgan fingerprint density at radius 3 is 1.71 bits per heavy atom. The van der Waals surface area contributed by atoms with Gasteiger partial charge in [0.15, 0.2) is 0 Å². The maximum absolute atomic E-state index is 4.84. The van der Waals surface area contributed by atoms with Gasteiger partial charge in [-0.1, -0.05) is 54.6 Å². The normalized spacial score (nSPS) is 11.0. The van der Waals surface area contributed by atoms with Crippen LogP contribution in [0.5, 0.6) is 0 Å². The minimum absolute atomic E-state index is 0.935. The van der Waals surface area contributed by atoms with E-state index in [-0.39, 0.29) is 0 Å². The van der Waals surface area contributed by atoms with E-state index in [0.717, 1.165) is 40.4 Å². The summed E-state index contributed by atoms with van der Waals surface area (Å²) in [6, 6.07) is 18.9. The van der Waals surface area contributed by atoms with Crippen LogP contribution >= 0.6 is 0 Å². The highest BCUT2D eigenvalue weighted by molar-refractivity contribution is 5.78. The number of nitrogens with zero attached hydrogens (tertiary/aromatic N) is 3. The Bertz CT molecular complexity index is 822. The van der Waals surface area contributed by atoms with Gasteiger partial charge in [-0.05, 0) is 33.5 Å². The van der Waals surface area contributed by atoms with E-state index in [9.17, 15) is 0 Å². The van der Waals surface area contributed by atoms with Crippen molar-refractivity contribution < 1.29 is 0 Å². The predicted octanol–water partition coefficient (Wildman–Crippen LogP) is 4.49. The summed E-state index contributed by atoms with van der Waals surface area (Å²) in [4.78, 5) is 11.8. The van der Waals surface area contributed by atoms with E-state index in [4.69, 9.17) is 9.97 Å². The smallest absolute Gasteiger partial charge is 0.0968 e. The van der Waals surface area contributed by atoms with E-state index >= 15 is 0 Å². The largest absolute Gasteiger partial charge is 0.305 e. The molecule has 0 saturated carbocycles. The van der Waals surface area contributed by atoms with Gasteiger partial charge in [-0.15, -0.1) is 0 Å². The molecule has 0 aliphatic heterocycles. The molecule has 0 aliphatic rings. The lowest BCUT2D eigenvalue weighted by Crippen LogP contribution is -2.10. The molecule has 0 radical (unpaired) electrons. The quantitative estimate of drug-likeness (QED) is 0.710. The second-order valence-electron chi connectivity index (χ2n) is 6.39. The van der Waals surface area contributed by atoms with Crippen LogP contribution in [0.3, 0.4) is 0 Å². The molecule has 1 aromatic heterocycles. The standard InChI is InChI=1S/C21H23N3/c1-15-16(2)23-21(20(22-15)18-8-6-5-7-9-18)19-12-10-17(11-13-19)14-24(3)4/h5-13H,14H2,1-4H3. The molecule has 3 nitrogen and oxygen atoms in total. The first-order valence-corrected chi connectivity index (χ1v) is 8.19. The molecule has 0 aliphatic carbocycles. The zero-order valence-electron chi connectivity index (χ0n) is 14.7. The number of rotatable bonds is 4. The molecular formula is C21H23N3. The third-order valence-corrected chi connectivity index (χ3v) is 4.08. The van der Waals surface area contributed by atoms with Crippen LogP contribution in [-0.4, -0.2) is 29.0 Å². The van der Waals surface area contributed by atoms with Crippen LogP contribution in [0, 0.1) is 13.8 Å². The van der Waals surface area contributed by atoms with Crippen molar-refractivity contribution in [1.82, 2.24) is 14.9 Å². The highest BCUT2D eigenvalue weighted by Gasteiger charge is 2.13. The fourth-order valence-corrected chi connectivity index (χ4v) is 2.73. The van der Waals surface area contributed by atoms with Crippen LogP contribution < -0.4 is 0 Å². The van der Waals surface area contributed by atoms with E-state index in [1.165, 1.54) is 5.56 Å². The maximum Gasteiger partial charge on any atom is 0.0968 e. The molecule has 24 heavy (non-hydrogen) atoms. The van der Waals surface area contributed by atoms with Gasteiger partial charge < -0.3 is 4.90 Å². The first-order chi connectivity index (χ1) is 11.5. The molecule has 0 spiro atoms. The minimum Gasteiger partial charge on any atom is -0.305 e. The predicted molar refractivity (Wildman–Crippen MR) is 99.8 cm³/mol. The van der Waals surface area contributed by atoms with Crippen LogP contribution in [0.25, 0.3) is 22.5 Å². The summed E-state index contributed by atoms with van der Waals surface area (Å²) >= 11 is 0. The Morgan fingerprint density at radius 1 is 0.708 bits per heavy atom. The average molecular weight is 317 g/mol. The Kier molecular flexibility index (Phi) is 4.72. The highest BCUT2D eigenvalue weighted by Crippen LogP contribution is 2.30. The minimum atomic E-state index is 0.935. The maximum atomic E-state index is 4.84. The van der Waals surface area contributed by atoms with Gasteiger partial charge in [-0.3, -0.25) is 0 Å². The lowest BCUT2D eigenvalue weighted by atomic mass is 10.0. The summed E-state index contributed by atoms with van der Waals surface area (Å²) in [5, 5.41) is 0. The number of hydrogen-bond acceptors (Lipinski definition) is 3. The Hall–Kier alpha value is -2.52. The van der Waals surface area contributed by atoms with Crippen molar-refractivity contribution in [3.8, 4) is 22.5 Å². The fraction of sp³-hybridized carbons (Fsp3) is 0.238. The van der Waals surface area contributed by atoms with E-state index in [0.29, 0.717) is 0 Å². The van der Waals surface area contributed by atoms with Gasteiger partial charge in [0, 0.05) is 17.7 Å². The van der Waals surface area contributed by atoms with Crippen LogP contribution in [0.4, 0.5) is 0 Å². The molecule has 0 atom stereocenters. The fourth-order valence-electron chi connectivity index (χ4n) is 2.73. The van der Waals surface area contributed by atoms with Crippen molar-refractivity contribution in [3.05, 3.63) is 71.5 Å². The van der Waals surface area contributed by atoms with E-state index < -0.39 is 0 Å². The first-order valence-electron chi connectivity index (χ1n) is 8.19. The molecule has 0 fully saturated rings. The van der Waals surface area contributed by atoms with Crippen molar-refractivity contribution in [2.75, 3.05) is 14.1 Å². The summed E-state index contributed by atoms with van der Waals surface area (Å²) in [6.45, 7) is 4.96. The van der Waals surface area contributed by atoms with Gasteiger partial charge in [0.05, 0.1) is 22.8 Å². The Morgan fingerprint density at radius 2 is 1.21 bits per heavy atom. The topological polar surface area (TPSA) is 29.0 Å². The van der Waals surface area contributed by atoms with Gasteiger partial charge in [-0.25, -0.2) is 9.97 Å². The zero-order chi connectivity index (χ0) is 17.1. The molecular weight excluding hydrogens is 294 g/mol. The summed E-state index contributed by atoms with van der Waals surface area (Å²) in [7, 11) is 4.16. The third-order valence-electron chi connectivity index (χ3n) is 4.08. The molecule has 3 aromatic rings. The van der Waals surface area contributed by atoms with Crippen LogP contribution in [0.15, 0.2) is 54.6 Å². The number of benzene rings is 2. The monoisotopic (exact) mass is 317 g/mol. The Balaban J connectivity index is 2.08. The molecule has 0 N–H and O–H groups in total. The second kappa shape index (κ2) is 6.93. The van der Waals surface area contributed by atoms with Gasteiger partial charge in [0.2, 0.25) is 0 Å². The lowest BCUT2D eigenvalue weighted by Gasteiger charge is -2.13. The molecule has 1 heterocycles. The highest BCUT2D eigenvalue weighted by atomic mass is 15.0. The van der Waals surface area contributed by atoms with Gasteiger partial charge in [0.1, 0.15) is 0 Å². The first kappa shape index (κ1) is 16.3. The van der Waals surface area contributed by atoms with E-state index in [1.807, 2.05) is 32.0 Å². The molecule has 122 valence electrons. The van der Waals surface area contributed by atoms with Crippen molar-refractivity contribution in [3.63, 3.8) is 0 Å². The summed E-state index contributed by atoms with van der Waals surface area (Å²) in [5.41, 5.74) is 7.33. The number of aryl methyl sites for hydroxylation is 2. The zero-order valence-corrected chi connectivity index (χ0v) is 14.7. The van der Waals surface area contributed by atoms with Crippen molar-refractivity contribution >= 4 is 0 Å². The van der Waals surface area contributed by atoms with E-state index in [1.54, 1.807) is 0 Å². The number of aromatic nitrogens is 2. The second-order valence-corrected chi connectivity index (χ2v) is 6.39. The summed E-state index contributed by atoms with van der Waals surface area (Å²) < 4.78 is 0. The molecule has 3 rings (SSSR count). The van der Waals surface area contributed by atoms with E-state index in [2.05, 4.69) is 55.4 Å². The SMILES string of the molecule is Cc1nc(-c2ccccc2)c(-c2ccc(CN(C)C)cc2)nc1C. The third kappa shape index (κ3) is 3.52. The molecule has 0 bridgehead atoms. The summed E-state index contributed by atoms with van der Waals surface area (Å²) in [6.07, 6.45) is 0. The van der Waals surface area contributed by atoms with Gasteiger partial charge in [0.25, 0.3) is 0 Å². The van der Waals surface area contributed by atoms with Crippen molar-refractivity contribution in [2.45, 2.75) is 20.4 Å². The number of hydrogen-bond donors (Lipinski definition) is 0. The van der Waals surface area contributed by atoms with Crippen LogP contribution in [0.2, 0.25) is 0 Å². The molecule has 3 heteroatoms. The molecule has 0 saturated heterocycles. The van der Waals surface area contributed by atoms with Crippen LogP contribution in [-0.2, 0) is 6.54 Å². The lowest BCUT2D eigenvalue weighted by molar-refractivity contribution is 0.402. The van der Waals surface area contributed by atoms with Crippen LogP contribution in [0.1, 0.15) is 17.0 Å².